The number of benzene rings is 1. The average Bonchev–Trinajstić information content (AvgIpc) is 2.14. The molecule has 0 unspecified atom stereocenters. The van der Waals surface area contributed by atoms with Crippen molar-refractivity contribution in [1.82, 2.24) is 5.32 Å². The molecule has 0 aliphatic carbocycles. The highest BCUT2D eigenvalue weighted by Crippen LogP contribution is 2.25. The molecule has 1 rings (SSSR count). The summed E-state index contributed by atoms with van der Waals surface area (Å²) in [4.78, 5) is 0. The van der Waals surface area contributed by atoms with E-state index in [4.69, 9.17) is 28.3 Å². The lowest BCUT2D eigenvalue weighted by molar-refractivity contribution is 0.286. The van der Waals surface area contributed by atoms with E-state index in [9.17, 15) is 0 Å². The van der Waals surface area contributed by atoms with Gasteiger partial charge in [-0.2, -0.15) is 0 Å². The van der Waals surface area contributed by atoms with Gasteiger partial charge in [0.15, 0.2) is 0 Å². The maximum absolute atomic E-state index is 8.66. The van der Waals surface area contributed by atoms with Gasteiger partial charge in [0.25, 0.3) is 0 Å². The normalized spacial score (nSPS) is 12.9. The lowest BCUT2D eigenvalue weighted by atomic mass is 10.1. The van der Waals surface area contributed by atoms with E-state index in [1.807, 2.05) is 13.0 Å². The van der Waals surface area contributed by atoms with Crippen LogP contribution in [-0.4, -0.2) is 18.3 Å². The second-order valence-electron chi connectivity index (χ2n) is 3.07. The van der Waals surface area contributed by atoms with Crippen molar-refractivity contribution in [3.8, 4) is 0 Å². The van der Waals surface area contributed by atoms with Gasteiger partial charge >= 0.3 is 0 Å². The Hall–Kier alpha value is -0.280. The van der Waals surface area contributed by atoms with E-state index in [0.29, 0.717) is 16.6 Å². The van der Waals surface area contributed by atoms with Gasteiger partial charge in [0, 0.05) is 22.6 Å². The Balaban J connectivity index is 2.74. The molecule has 0 spiro atoms. The molecule has 0 radical (unpaired) electrons. The summed E-state index contributed by atoms with van der Waals surface area (Å²) in [7, 11) is 0. The Morgan fingerprint density at radius 3 is 2.71 bits per heavy atom. The van der Waals surface area contributed by atoms with Crippen LogP contribution in [0.2, 0.25) is 10.0 Å². The van der Waals surface area contributed by atoms with Crippen molar-refractivity contribution in [2.45, 2.75) is 13.0 Å². The number of rotatable bonds is 4. The maximum Gasteiger partial charge on any atom is 0.0556 e. The summed E-state index contributed by atoms with van der Waals surface area (Å²) in [6.45, 7) is 2.67. The number of aliphatic hydroxyl groups is 1. The number of hydrogen-bond donors (Lipinski definition) is 2. The molecule has 1 atom stereocenters. The standard InChI is InChI=1S/C10H13Cl2NO/c1-7(13-4-5-14)9-3-2-8(11)6-10(9)12/h2-3,6-7,13-14H,4-5H2,1H3/t7-/m0/s1. The quantitative estimate of drug-likeness (QED) is 0.839. The highest BCUT2D eigenvalue weighted by Gasteiger charge is 2.08. The van der Waals surface area contributed by atoms with Gasteiger partial charge < -0.3 is 10.4 Å². The Labute approximate surface area is 93.8 Å². The third-order valence-corrected chi connectivity index (χ3v) is 2.55. The zero-order valence-corrected chi connectivity index (χ0v) is 9.44. The van der Waals surface area contributed by atoms with Gasteiger partial charge in [-0.3, -0.25) is 0 Å². The van der Waals surface area contributed by atoms with Crippen molar-refractivity contribution < 1.29 is 5.11 Å². The molecule has 0 fully saturated rings. The summed E-state index contributed by atoms with van der Waals surface area (Å²) in [6, 6.07) is 5.53. The van der Waals surface area contributed by atoms with E-state index in [1.54, 1.807) is 12.1 Å². The Kier molecular flexibility index (Phi) is 4.69. The van der Waals surface area contributed by atoms with Crippen LogP contribution in [0, 0.1) is 0 Å². The molecule has 0 saturated carbocycles. The van der Waals surface area contributed by atoms with E-state index >= 15 is 0 Å². The predicted molar refractivity (Wildman–Crippen MR) is 60.0 cm³/mol. The Morgan fingerprint density at radius 1 is 1.43 bits per heavy atom. The SMILES string of the molecule is C[C@H](NCCO)c1ccc(Cl)cc1Cl. The topological polar surface area (TPSA) is 32.3 Å². The second-order valence-corrected chi connectivity index (χ2v) is 3.91. The zero-order chi connectivity index (χ0) is 10.6. The first-order valence-electron chi connectivity index (χ1n) is 4.44. The van der Waals surface area contributed by atoms with Crippen molar-refractivity contribution in [1.29, 1.82) is 0 Å². The minimum Gasteiger partial charge on any atom is -0.395 e. The molecule has 2 N–H and O–H groups in total. The van der Waals surface area contributed by atoms with Crippen LogP contribution in [0.3, 0.4) is 0 Å². The summed E-state index contributed by atoms with van der Waals surface area (Å²) in [5.41, 5.74) is 0.990. The lowest BCUT2D eigenvalue weighted by Crippen LogP contribution is -2.22. The number of aliphatic hydroxyl groups excluding tert-OH is 1. The fourth-order valence-corrected chi connectivity index (χ4v) is 1.82. The summed E-state index contributed by atoms with van der Waals surface area (Å²) in [5, 5.41) is 13.1. The van der Waals surface area contributed by atoms with Crippen LogP contribution in [0.25, 0.3) is 0 Å². The fourth-order valence-electron chi connectivity index (χ4n) is 1.24. The highest BCUT2D eigenvalue weighted by atomic mass is 35.5. The lowest BCUT2D eigenvalue weighted by Gasteiger charge is -2.14. The van der Waals surface area contributed by atoms with Gasteiger partial charge in [-0.05, 0) is 24.6 Å². The van der Waals surface area contributed by atoms with Crippen molar-refractivity contribution in [3.63, 3.8) is 0 Å². The van der Waals surface area contributed by atoms with Crippen molar-refractivity contribution in [2.75, 3.05) is 13.2 Å². The molecule has 0 amide bonds. The molecule has 4 heteroatoms. The predicted octanol–water partition coefficient (Wildman–Crippen LogP) is 2.64. The van der Waals surface area contributed by atoms with E-state index in [1.165, 1.54) is 0 Å². The highest BCUT2D eigenvalue weighted by molar-refractivity contribution is 6.35. The number of hydrogen-bond acceptors (Lipinski definition) is 2. The summed E-state index contributed by atoms with van der Waals surface area (Å²) < 4.78 is 0. The van der Waals surface area contributed by atoms with Gasteiger partial charge in [0.2, 0.25) is 0 Å². The molecule has 2 nitrogen and oxygen atoms in total. The van der Waals surface area contributed by atoms with Crippen LogP contribution in [0.15, 0.2) is 18.2 Å². The first-order chi connectivity index (χ1) is 6.65. The van der Waals surface area contributed by atoms with Crippen LogP contribution in [0.5, 0.6) is 0 Å². The molecule has 1 aromatic rings. The van der Waals surface area contributed by atoms with Gasteiger partial charge in [-0.25, -0.2) is 0 Å². The number of nitrogens with one attached hydrogen (secondary N) is 1. The molecular formula is C10H13Cl2NO. The monoisotopic (exact) mass is 233 g/mol. The molecule has 0 saturated heterocycles. The molecule has 0 aliphatic rings. The molecule has 0 heterocycles. The molecule has 0 aromatic heterocycles. The molecule has 0 aliphatic heterocycles. The summed E-state index contributed by atoms with van der Waals surface area (Å²) >= 11 is 11.8. The largest absolute Gasteiger partial charge is 0.395 e. The van der Waals surface area contributed by atoms with Crippen LogP contribution >= 0.6 is 23.2 Å². The van der Waals surface area contributed by atoms with E-state index in [-0.39, 0.29) is 12.6 Å². The Morgan fingerprint density at radius 2 is 2.14 bits per heavy atom. The summed E-state index contributed by atoms with van der Waals surface area (Å²) in [5.74, 6) is 0. The van der Waals surface area contributed by atoms with Crippen molar-refractivity contribution in [3.05, 3.63) is 33.8 Å². The summed E-state index contributed by atoms with van der Waals surface area (Å²) in [6.07, 6.45) is 0. The zero-order valence-electron chi connectivity index (χ0n) is 7.93. The fraction of sp³-hybridized carbons (Fsp3) is 0.400. The van der Waals surface area contributed by atoms with Gasteiger partial charge in [-0.1, -0.05) is 29.3 Å². The van der Waals surface area contributed by atoms with Crippen molar-refractivity contribution in [2.24, 2.45) is 0 Å². The van der Waals surface area contributed by atoms with Gasteiger partial charge in [0.05, 0.1) is 6.61 Å². The molecule has 1 aromatic carbocycles. The van der Waals surface area contributed by atoms with E-state index in [0.717, 1.165) is 5.56 Å². The molecule has 78 valence electrons. The average molecular weight is 234 g/mol. The third kappa shape index (κ3) is 3.14. The Bertz CT molecular complexity index is 304. The third-order valence-electron chi connectivity index (χ3n) is 1.99. The van der Waals surface area contributed by atoms with Gasteiger partial charge in [0.1, 0.15) is 0 Å². The van der Waals surface area contributed by atoms with Crippen LogP contribution in [0.4, 0.5) is 0 Å². The van der Waals surface area contributed by atoms with E-state index < -0.39 is 0 Å². The smallest absolute Gasteiger partial charge is 0.0556 e. The molecule has 0 bridgehead atoms. The number of halogens is 2. The maximum atomic E-state index is 8.66. The first-order valence-corrected chi connectivity index (χ1v) is 5.20. The van der Waals surface area contributed by atoms with Crippen LogP contribution in [-0.2, 0) is 0 Å². The minimum atomic E-state index is 0.118. The van der Waals surface area contributed by atoms with E-state index in [2.05, 4.69) is 5.32 Å². The second kappa shape index (κ2) is 5.56. The first kappa shape index (κ1) is 11.8. The van der Waals surface area contributed by atoms with Crippen molar-refractivity contribution >= 4 is 23.2 Å². The van der Waals surface area contributed by atoms with Crippen LogP contribution in [0.1, 0.15) is 18.5 Å². The van der Waals surface area contributed by atoms with Gasteiger partial charge in [-0.15, -0.1) is 0 Å². The van der Waals surface area contributed by atoms with Crippen LogP contribution < -0.4 is 5.32 Å². The molecule has 14 heavy (non-hydrogen) atoms. The minimum absolute atomic E-state index is 0.118. The molecular weight excluding hydrogens is 221 g/mol.